The van der Waals surface area contributed by atoms with E-state index in [2.05, 4.69) is 10.2 Å². The summed E-state index contributed by atoms with van der Waals surface area (Å²) in [6, 6.07) is 12.5. The van der Waals surface area contributed by atoms with Gasteiger partial charge < -0.3 is 15.3 Å². The highest BCUT2D eigenvalue weighted by Gasteiger charge is 2.40. The number of hydrogen-bond donors (Lipinski definition) is 2. The minimum atomic E-state index is -5.08. The molecule has 0 aliphatic carbocycles. The number of aromatic nitrogens is 4. The quantitative estimate of drug-likeness (QED) is 0.319. The molecule has 234 valence electrons. The number of nitrogens with zero attached hydrogens (tertiary/aromatic N) is 5. The van der Waals surface area contributed by atoms with Crippen molar-refractivity contribution >= 4 is 23.1 Å². The molecule has 44 heavy (non-hydrogen) atoms. The monoisotopic (exact) mass is 620 g/mol. The topological polar surface area (TPSA) is 114 Å². The molecule has 2 aromatic carbocycles. The Morgan fingerprint density at radius 3 is 2.16 bits per heavy atom. The van der Waals surface area contributed by atoms with Crippen molar-refractivity contribution in [3.05, 3.63) is 92.1 Å². The van der Waals surface area contributed by atoms with Gasteiger partial charge in [-0.05, 0) is 54.2 Å². The van der Waals surface area contributed by atoms with E-state index in [0.29, 0.717) is 36.0 Å². The van der Waals surface area contributed by atoms with Crippen LogP contribution in [-0.2, 0) is 31.4 Å². The molecule has 0 saturated carbocycles. The molecule has 0 radical (unpaired) electrons. The van der Waals surface area contributed by atoms with Crippen LogP contribution in [0.1, 0.15) is 17.5 Å². The summed E-state index contributed by atoms with van der Waals surface area (Å²) in [5.74, 6) is -2.26. The van der Waals surface area contributed by atoms with Crippen molar-refractivity contribution < 1.29 is 31.9 Å². The van der Waals surface area contributed by atoms with Crippen molar-refractivity contribution in [2.24, 2.45) is 13.0 Å². The molecular weight excluding hydrogens is 591 g/mol. The Balaban J connectivity index is 0.000000493. The van der Waals surface area contributed by atoms with Gasteiger partial charge in [-0.3, -0.25) is 18.5 Å². The maximum absolute atomic E-state index is 13.8. The van der Waals surface area contributed by atoms with E-state index >= 15 is 0 Å². The number of carboxylic acid groups (broad SMARTS) is 1. The third-order valence-corrected chi connectivity index (χ3v) is 7.95. The molecule has 2 aliphatic rings. The van der Waals surface area contributed by atoms with Gasteiger partial charge in [0.15, 0.2) is 11.2 Å². The normalized spacial score (nSPS) is 17.9. The molecule has 2 N–H and O–H groups in total. The number of carbonyl (C=O) groups is 1. The summed E-state index contributed by atoms with van der Waals surface area (Å²) >= 11 is 0. The number of aryl methyl sites for hydroxylation is 2. The number of benzene rings is 2. The zero-order chi connectivity index (χ0) is 31.8. The first-order chi connectivity index (χ1) is 20.8. The van der Waals surface area contributed by atoms with E-state index < -0.39 is 23.4 Å². The van der Waals surface area contributed by atoms with Crippen LogP contribution in [0.3, 0.4) is 0 Å². The van der Waals surface area contributed by atoms with E-state index in [1.807, 2.05) is 4.57 Å². The first-order valence-corrected chi connectivity index (χ1v) is 13.8. The Hall–Kier alpha value is -4.53. The molecule has 15 heteroatoms. The average molecular weight is 621 g/mol. The van der Waals surface area contributed by atoms with Crippen molar-refractivity contribution in [1.82, 2.24) is 24.0 Å². The maximum Gasteiger partial charge on any atom is 0.490 e. The molecule has 2 aliphatic heterocycles. The third kappa shape index (κ3) is 6.23. The number of hydrogen-bond acceptors (Lipinski definition) is 6. The number of rotatable bonds is 6. The number of aliphatic carboxylic acids is 1. The Labute approximate surface area is 247 Å². The van der Waals surface area contributed by atoms with Crippen LogP contribution in [0.15, 0.2) is 58.1 Å². The molecule has 2 unspecified atom stereocenters. The summed E-state index contributed by atoms with van der Waals surface area (Å²) in [5.41, 5.74) is 1.47. The molecule has 4 heterocycles. The fraction of sp³-hybridized carbons (Fsp3) is 0.379. The van der Waals surface area contributed by atoms with Crippen LogP contribution in [0.4, 0.5) is 27.9 Å². The van der Waals surface area contributed by atoms with Crippen LogP contribution in [0.5, 0.6) is 0 Å². The molecule has 2 aromatic heterocycles. The molecular formula is C29H29F5N6O4. The largest absolute Gasteiger partial charge is 0.490 e. The number of imidazole rings is 1. The van der Waals surface area contributed by atoms with Gasteiger partial charge in [0.05, 0.1) is 6.54 Å². The highest BCUT2D eigenvalue weighted by atomic mass is 19.4. The molecule has 2 atom stereocenters. The predicted molar refractivity (Wildman–Crippen MR) is 151 cm³/mol. The number of fused-ring (bicyclic) bond motifs is 2. The van der Waals surface area contributed by atoms with Crippen LogP contribution < -0.4 is 21.5 Å². The SMILES string of the molecule is Cn1c(=O)n(CCc2ccc(F)cc2)c(=O)c2c1nc(N1CCC3CNCC31)n2Cc1ccc(F)cc1.O=C(O)C(F)(F)F. The summed E-state index contributed by atoms with van der Waals surface area (Å²) < 4.78 is 63.2. The van der Waals surface area contributed by atoms with Gasteiger partial charge in [-0.25, -0.2) is 18.4 Å². The Bertz CT molecular complexity index is 1780. The summed E-state index contributed by atoms with van der Waals surface area (Å²) in [4.78, 5) is 43.1. The molecule has 0 bridgehead atoms. The lowest BCUT2D eigenvalue weighted by Gasteiger charge is -2.25. The summed E-state index contributed by atoms with van der Waals surface area (Å²) in [7, 11) is 1.63. The number of halogens is 5. The minimum absolute atomic E-state index is 0.155. The summed E-state index contributed by atoms with van der Waals surface area (Å²) in [6.45, 7) is 3.08. The highest BCUT2D eigenvalue weighted by molar-refractivity contribution is 5.75. The van der Waals surface area contributed by atoms with Gasteiger partial charge in [0, 0.05) is 39.3 Å². The smallest absolute Gasteiger partial charge is 0.475 e. The first kappa shape index (κ1) is 30.9. The van der Waals surface area contributed by atoms with E-state index in [0.717, 1.165) is 37.2 Å². The molecule has 4 aromatic rings. The molecule has 2 saturated heterocycles. The fourth-order valence-electron chi connectivity index (χ4n) is 5.69. The van der Waals surface area contributed by atoms with Crippen LogP contribution >= 0.6 is 0 Å². The summed E-state index contributed by atoms with van der Waals surface area (Å²) in [5, 5.41) is 10.6. The number of alkyl halides is 3. The Kier molecular flexibility index (Phi) is 8.59. The standard InChI is InChI=1S/C27H28F2N6O2.C2HF3O2/c1-32-24-23(25(36)34(27(32)37)12-10-17-2-6-20(28)7-3-17)35(16-18-4-8-21(29)9-5-18)26(31-24)33-13-11-19-14-30-15-22(19)33;3-2(4,5)1(6)7/h2-9,19,22,30H,10-16H2,1H3;(H,6,7). The lowest BCUT2D eigenvalue weighted by Crippen LogP contribution is -2.40. The second-order valence-electron chi connectivity index (χ2n) is 10.7. The van der Waals surface area contributed by atoms with Gasteiger partial charge >= 0.3 is 17.8 Å². The van der Waals surface area contributed by atoms with Crippen LogP contribution in [0.25, 0.3) is 11.2 Å². The van der Waals surface area contributed by atoms with Crippen molar-refractivity contribution in [2.75, 3.05) is 24.5 Å². The van der Waals surface area contributed by atoms with E-state index in [1.165, 1.54) is 33.4 Å². The Morgan fingerprint density at radius 2 is 1.57 bits per heavy atom. The van der Waals surface area contributed by atoms with Gasteiger partial charge in [-0.15, -0.1) is 0 Å². The predicted octanol–water partition coefficient (Wildman–Crippen LogP) is 2.90. The lowest BCUT2D eigenvalue weighted by molar-refractivity contribution is -0.192. The fourth-order valence-corrected chi connectivity index (χ4v) is 5.69. The average Bonchev–Trinajstić information content (AvgIpc) is 3.69. The van der Waals surface area contributed by atoms with Crippen LogP contribution in [0, 0.1) is 17.6 Å². The lowest BCUT2D eigenvalue weighted by atomic mass is 10.1. The van der Waals surface area contributed by atoms with E-state index in [9.17, 15) is 31.5 Å². The van der Waals surface area contributed by atoms with E-state index in [1.54, 1.807) is 31.3 Å². The number of carboxylic acids is 1. The third-order valence-electron chi connectivity index (χ3n) is 7.95. The highest BCUT2D eigenvalue weighted by Crippen LogP contribution is 2.33. The van der Waals surface area contributed by atoms with Gasteiger partial charge in [-0.2, -0.15) is 18.2 Å². The molecule has 6 rings (SSSR count). The zero-order valence-electron chi connectivity index (χ0n) is 23.5. The van der Waals surface area contributed by atoms with Gasteiger partial charge in [0.1, 0.15) is 11.6 Å². The second kappa shape index (κ2) is 12.2. The number of nitrogens with one attached hydrogen (secondary N) is 1. The Morgan fingerprint density at radius 1 is 0.977 bits per heavy atom. The van der Waals surface area contributed by atoms with Gasteiger partial charge in [-0.1, -0.05) is 24.3 Å². The molecule has 0 amide bonds. The van der Waals surface area contributed by atoms with Crippen molar-refractivity contribution in [2.45, 2.75) is 38.1 Å². The molecule has 0 spiro atoms. The zero-order valence-corrected chi connectivity index (χ0v) is 23.5. The summed E-state index contributed by atoms with van der Waals surface area (Å²) in [6.07, 6.45) is -3.65. The first-order valence-electron chi connectivity index (χ1n) is 13.8. The maximum atomic E-state index is 13.8. The molecule has 2 fully saturated rings. The number of anilines is 1. The van der Waals surface area contributed by atoms with Crippen molar-refractivity contribution in [3.8, 4) is 0 Å². The van der Waals surface area contributed by atoms with Gasteiger partial charge in [0.25, 0.3) is 5.56 Å². The van der Waals surface area contributed by atoms with Crippen LogP contribution in [-0.4, -0.2) is 61.6 Å². The van der Waals surface area contributed by atoms with Gasteiger partial charge in [0.2, 0.25) is 5.95 Å². The van der Waals surface area contributed by atoms with Crippen LogP contribution in [0.2, 0.25) is 0 Å². The van der Waals surface area contributed by atoms with Crippen molar-refractivity contribution in [3.63, 3.8) is 0 Å². The van der Waals surface area contributed by atoms with E-state index in [4.69, 9.17) is 14.9 Å². The second-order valence-corrected chi connectivity index (χ2v) is 10.7. The molecule has 10 nitrogen and oxygen atoms in total. The van der Waals surface area contributed by atoms with Crippen molar-refractivity contribution in [1.29, 1.82) is 0 Å². The van der Waals surface area contributed by atoms with E-state index in [-0.39, 0.29) is 24.2 Å². The minimum Gasteiger partial charge on any atom is -0.475 e.